The fraction of sp³-hybridized carbons (Fsp3) is 0.294. The largest absolute Gasteiger partial charge is 0.398 e. The molecule has 0 spiro atoms. The van der Waals surface area contributed by atoms with Gasteiger partial charge in [-0.1, -0.05) is 11.6 Å². The Hall–Kier alpha value is -1.63. The van der Waals surface area contributed by atoms with E-state index in [1.54, 1.807) is 18.0 Å². The number of H-pyrrole nitrogens is 1. The highest BCUT2D eigenvalue weighted by Crippen LogP contribution is 2.34. The highest BCUT2D eigenvalue weighted by molar-refractivity contribution is 7.97. The van der Waals surface area contributed by atoms with Crippen molar-refractivity contribution in [1.29, 1.82) is 0 Å². The van der Waals surface area contributed by atoms with Crippen LogP contribution in [-0.2, 0) is 0 Å². The minimum Gasteiger partial charge on any atom is -0.398 e. The lowest BCUT2D eigenvalue weighted by Crippen LogP contribution is -2.08. The van der Waals surface area contributed by atoms with Gasteiger partial charge in [-0.3, -0.25) is 0 Å². The summed E-state index contributed by atoms with van der Waals surface area (Å²) in [5, 5.41) is 1.83. The lowest BCUT2D eigenvalue weighted by atomic mass is 10.0. The van der Waals surface area contributed by atoms with Crippen molar-refractivity contribution >= 4 is 40.1 Å². The molecule has 1 aromatic carbocycles. The van der Waals surface area contributed by atoms with Gasteiger partial charge in [-0.05, 0) is 61.6 Å². The number of nitrogens with two attached hydrogens (primary N) is 2. The van der Waals surface area contributed by atoms with E-state index in [0.29, 0.717) is 11.2 Å². The van der Waals surface area contributed by atoms with Gasteiger partial charge in [0, 0.05) is 29.7 Å². The summed E-state index contributed by atoms with van der Waals surface area (Å²) in [6.45, 7) is 3.94. The Morgan fingerprint density at radius 3 is 2.67 bits per heavy atom. The first kappa shape index (κ1) is 17.2. The molecule has 0 radical (unpaired) electrons. The van der Waals surface area contributed by atoms with Gasteiger partial charge in [0.25, 0.3) is 0 Å². The molecular formula is C17H20ClFN4S. The smallest absolute Gasteiger partial charge is 0.147 e. The monoisotopic (exact) mass is 366 g/mol. The van der Waals surface area contributed by atoms with Crippen molar-refractivity contribution in [3.8, 4) is 0 Å². The molecule has 1 aromatic heterocycles. The van der Waals surface area contributed by atoms with Crippen LogP contribution in [0.15, 0.2) is 34.5 Å². The van der Waals surface area contributed by atoms with E-state index in [2.05, 4.69) is 9.29 Å². The Balaban J connectivity index is 2.06. The Morgan fingerprint density at radius 2 is 2.00 bits per heavy atom. The lowest BCUT2D eigenvalue weighted by molar-refractivity contribution is 0.585. The predicted molar refractivity (Wildman–Crippen MR) is 99.9 cm³/mol. The summed E-state index contributed by atoms with van der Waals surface area (Å²) < 4.78 is 16.6. The number of rotatable bonds is 4. The lowest BCUT2D eigenvalue weighted by Gasteiger charge is -2.10. The number of nitrogens with zero attached hydrogens (tertiary/aromatic N) is 1. The standard InChI is InChI=1S/C17H20ClFN4S/c1-10-8-12(19)17-11(16(10)13(20)4-5-14(18)21)9-15(22-17)24-23-6-2-3-7-23/h4-5,8-9,22H,2-3,6-7,20-21H2,1H3/b13-4-,14-5-. The zero-order valence-electron chi connectivity index (χ0n) is 13.4. The Kier molecular flexibility index (Phi) is 5.08. The van der Waals surface area contributed by atoms with E-state index in [-0.39, 0.29) is 11.0 Å². The molecule has 5 N–H and O–H groups in total. The van der Waals surface area contributed by atoms with Gasteiger partial charge in [-0.25, -0.2) is 8.70 Å². The molecule has 0 bridgehead atoms. The summed E-state index contributed by atoms with van der Waals surface area (Å²) in [5.41, 5.74) is 14.2. The van der Waals surface area contributed by atoms with Crippen LogP contribution in [-0.4, -0.2) is 22.4 Å². The first-order chi connectivity index (χ1) is 11.5. The van der Waals surface area contributed by atoms with Crippen LogP contribution in [0.3, 0.4) is 0 Å². The average molecular weight is 367 g/mol. The third kappa shape index (κ3) is 3.55. The third-order valence-electron chi connectivity index (χ3n) is 4.04. The zero-order valence-corrected chi connectivity index (χ0v) is 15.0. The van der Waals surface area contributed by atoms with E-state index in [1.165, 1.54) is 25.0 Å². The summed E-state index contributed by atoms with van der Waals surface area (Å²) in [6, 6.07) is 3.45. The maximum atomic E-state index is 14.4. The van der Waals surface area contributed by atoms with E-state index in [0.717, 1.165) is 34.6 Å². The summed E-state index contributed by atoms with van der Waals surface area (Å²) in [7, 11) is 0. The maximum Gasteiger partial charge on any atom is 0.147 e. The minimum absolute atomic E-state index is 0.147. The van der Waals surface area contributed by atoms with Gasteiger partial charge in [0.15, 0.2) is 0 Å². The summed E-state index contributed by atoms with van der Waals surface area (Å²) in [5.74, 6) is -0.278. The van der Waals surface area contributed by atoms with E-state index >= 15 is 0 Å². The molecule has 4 nitrogen and oxygen atoms in total. The summed E-state index contributed by atoms with van der Waals surface area (Å²) in [4.78, 5) is 3.18. The zero-order chi connectivity index (χ0) is 17.3. The number of hydrogen-bond donors (Lipinski definition) is 3. The molecule has 128 valence electrons. The van der Waals surface area contributed by atoms with Crippen molar-refractivity contribution < 1.29 is 4.39 Å². The number of halogens is 2. The SMILES string of the molecule is Cc1cc(F)c2[nH]c(SN3CCCC3)cc2c1/C(N)=C/C=C(\N)Cl. The Labute approximate surface area is 149 Å². The number of aromatic amines is 1. The van der Waals surface area contributed by atoms with Crippen molar-refractivity contribution in [2.24, 2.45) is 11.5 Å². The summed E-state index contributed by atoms with van der Waals surface area (Å²) >= 11 is 7.28. The molecule has 0 saturated carbocycles. The molecule has 1 fully saturated rings. The quantitative estimate of drug-likeness (QED) is 0.433. The number of benzene rings is 1. The molecule has 2 heterocycles. The Bertz CT molecular complexity index is 818. The second kappa shape index (κ2) is 7.09. The Morgan fingerprint density at radius 1 is 1.29 bits per heavy atom. The van der Waals surface area contributed by atoms with Crippen LogP contribution in [0.4, 0.5) is 4.39 Å². The van der Waals surface area contributed by atoms with Crippen molar-refractivity contribution in [2.45, 2.75) is 24.8 Å². The fourth-order valence-corrected chi connectivity index (χ4v) is 4.07. The topological polar surface area (TPSA) is 71.1 Å². The van der Waals surface area contributed by atoms with Crippen LogP contribution in [0.2, 0.25) is 0 Å². The van der Waals surface area contributed by atoms with Crippen LogP contribution in [0, 0.1) is 12.7 Å². The molecule has 0 amide bonds. The highest BCUT2D eigenvalue weighted by atomic mass is 35.5. The maximum absolute atomic E-state index is 14.4. The van der Waals surface area contributed by atoms with Crippen LogP contribution in [0.25, 0.3) is 16.6 Å². The van der Waals surface area contributed by atoms with Crippen molar-refractivity contribution in [3.05, 3.63) is 46.4 Å². The molecule has 2 aromatic rings. The molecule has 1 saturated heterocycles. The molecule has 0 unspecified atom stereocenters. The second-order valence-electron chi connectivity index (χ2n) is 5.87. The number of aromatic nitrogens is 1. The molecule has 0 atom stereocenters. The molecule has 0 aliphatic carbocycles. The minimum atomic E-state index is -0.278. The van der Waals surface area contributed by atoms with Gasteiger partial charge < -0.3 is 16.5 Å². The number of fused-ring (bicyclic) bond motifs is 1. The molecular weight excluding hydrogens is 347 g/mol. The first-order valence-corrected chi connectivity index (χ1v) is 8.94. The second-order valence-corrected chi connectivity index (χ2v) is 7.45. The van der Waals surface area contributed by atoms with Crippen LogP contribution in [0.1, 0.15) is 24.0 Å². The molecule has 1 aliphatic heterocycles. The van der Waals surface area contributed by atoms with Gasteiger partial charge in [0.05, 0.1) is 15.7 Å². The number of allylic oxidation sites excluding steroid dienone is 2. The molecule has 3 rings (SSSR count). The first-order valence-electron chi connectivity index (χ1n) is 7.79. The summed E-state index contributed by atoms with van der Waals surface area (Å²) in [6.07, 6.45) is 5.57. The average Bonchev–Trinajstić information content (AvgIpc) is 3.15. The molecule has 24 heavy (non-hydrogen) atoms. The normalized spacial score (nSPS) is 17.1. The van der Waals surface area contributed by atoms with E-state index in [4.69, 9.17) is 23.1 Å². The van der Waals surface area contributed by atoms with Crippen LogP contribution >= 0.6 is 23.5 Å². The van der Waals surface area contributed by atoms with Gasteiger partial charge in [0.1, 0.15) is 5.82 Å². The van der Waals surface area contributed by atoms with Crippen LogP contribution in [0.5, 0.6) is 0 Å². The van der Waals surface area contributed by atoms with Crippen molar-refractivity contribution in [2.75, 3.05) is 13.1 Å². The van der Waals surface area contributed by atoms with E-state index < -0.39 is 0 Å². The van der Waals surface area contributed by atoms with Gasteiger partial charge in [0.2, 0.25) is 0 Å². The van der Waals surface area contributed by atoms with Crippen LogP contribution < -0.4 is 11.5 Å². The highest BCUT2D eigenvalue weighted by Gasteiger charge is 2.18. The fourth-order valence-electron chi connectivity index (χ4n) is 2.97. The van der Waals surface area contributed by atoms with Gasteiger partial charge >= 0.3 is 0 Å². The molecule has 1 aliphatic rings. The van der Waals surface area contributed by atoms with E-state index in [1.807, 2.05) is 13.0 Å². The van der Waals surface area contributed by atoms with Crippen molar-refractivity contribution in [1.82, 2.24) is 9.29 Å². The van der Waals surface area contributed by atoms with E-state index in [9.17, 15) is 4.39 Å². The third-order valence-corrected chi connectivity index (χ3v) is 5.21. The number of aryl methyl sites for hydroxylation is 1. The number of hydrogen-bond acceptors (Lipinski definition) is 4. The molecule has 7 heteroatoms. The van der Waals surface area contributed by atoms with Crippen molar-refractivity contribution in [3.63, 3.8) is 0 Å². The predicted octanol–water partition coefficient (Wildman–Crippen LogP) is 4.06. The van der Waals surface area contributed by atoms with Gasteiger partial charge in [-0.15, -0.1) is 0 Å². The van der Waals surface area contributed by atoms with Gasteiger partial charge in [-0.2, -0.15) is 0 Å². The number of nitrogens with one attached hydrogen (secondary N) is 1.